The number of nitrogens with two attached hydrogens (primary N) is 1. The summed E-state index contributed by atoms with van der Waals surface area (Å²) >= 11 is 3.32. The SMILES string of the molecule is CCC1(C(=O)O)CCCN1C(=O)c1cc(N)ccc1Br. The summed E-state index contributed by atoms with van der Waals surface area (Å²) in [6.07, 6.45) is 1.59. The topological polar surface area (TPSA) is 83.6 Å². The van der Waals surface area contributed by atoms with Gasteiger partial charge in [-0.15, -0.1) is 0 Å². The maximum atomic E-state index is 12.7. The maximum Gasteiger partial charge on any atom is 0.329 e. The van der Waals surface area contributed by atoms with Crippen LogP contribution in [0.15, 0.2) is 22.7 Å². The first-order valence-corrected chi connectivity index (χ1v) is 7.32. The molecule has 1 saturated heterocycles. The predicted octanol–water partition coefficient (Wildman–Crippen LogP) is 2.50. The van der Waals surface area contributed by atoms with Gasteiger partial charge in [0.1, 0.15) is 5.54 Å². The van der Waals surface area contributed by atoms with Gasteiger partial charge in [-0.05, 0) is 53.4 Å². The largest absolute Gasteiger partial charge is 0.479 e. The van der Waals surface area contributed by atoms with Crippen LogP contribution in [-0.4, -0.2) is 34.0 Å². The van der Waals surface area contributed by atoms with Gasteiger partial charge < -0.3 is 15.7 Å². The quantitative estimate of drug-likeness (QED) is 0.828. The van der Waals surface area contributed by atoms with Gasteiger partial charge in [-0.3, -0.25) is 4.79 Å². The number of anilines is 1. The lowest BCUT2D eigenvalue weighted by molar-refractivity contribution is -0.148. The number of hydrogen-bond donors (Lipinski definition) is 2. The minimum Gasteiger partial charge on any atom is -0.479 e. The zero-order valence-corrected chi connectivity index (χ0v) is 12.8. The summed E-state index contributed by atoms with van der Waals surface area (Å²) in [6, 6.07) is 4.97. The predicted molar refractivity (Wildman–Crippen MR) is 79.5 cm³/mol. The number of carboxylic acids is 1. The van der Waals surface area contributed by atoms with Crippen LogP contribution < -0.4 is 5.73 Å². The van der Waals surface area contributed by atoms with Gasteiger partial charge >= 0.3 is 5.97 Å². The van der Waals surface area contributed by atoms with Crippen LogP contribution in [0.5, 0.6) is 0 Å². The molecular formula is C14H17BrN2O3. The summed E-state index contributed by atoms with van der Waals surface area (Å²) in [7, 11) is 0. The average Bonchev–Trinajstić information content (AvgIpc) is 2.85. The number of nitrogens with zero attached hydrogens (tertiary/aromatic N) is 1. The second kappa shape index (κ2) is 5.44. The molecule has 5 nitrogen and oxygen atoms in total. The molecule has 0 saturated carbocycles. The molecule has 1 aromatic carbocycles. The lowest BCUT2D eigenvalue weighted by Gasteiger charge is -2.34. The first kappa shape index (κ1) is 14.8. The normalized spacial score (nSPS) is 22.0. The summed E-state index contributed by atoms with van der Waals surface area (Å²) in [5, 5.41) is 9.52. The van der Waals surface area contributed by atoms with E-state index in [1.54, 1.807) is 25.1 Å². The Morgan fingerprint density at radius 1 is 1.50 bits per heavy atom. The van der Waals surface area contributed by atoms with E-state index in [2.05, 4.69) is 15.9 Å². The van der Waals surface area contributed by atoms with Gasteiger partial charge in [0.25, 0.3) is 5.91 Å². The number of carboxylic acid groups (broad SMARTS) is 1. The van der Waals surface area contributed by atoms with Crippen LogP contribution in [0.3, 0.4) is 0 Å². The molecule has 1 atom stereocenters. The van der Waals surface area contributed by atoms with E-state index < -0.39 is 11.5 Å². The van der Waals surface area contributed by atoms with E-state index in [0.29, 0.717) is 41.5 Å². The minimum atomic E-state index is -1.10. The number of likely N-dealkylation sites (tertiary alicyclic amines) is 1. The highest BCUT2D eigenvalue weighted by Gasteiger charge is 2.48. The number of benzene rings is 1. The molecule has 0 bridgehead atoms. The lowest BCUT2D eigenvalue weighted by Crippen LogP contribution is -2.52. The van der Waals surface area contributed by atoms with Crippen LogP contribution in [-0.2, 0) is 4.79 Å². The molecular weight excluding hydrogens is 324 g/mol. The molecule has 2 rings (SSSR count). The first-order valence-electron chi connectivity index (χ1n) is 6.53. The molecule has 0 aliphatic carbocycles. The minimum absolute atomic E-state index is 0.286. The zero-order valence-electron chi connectivity index (χ0n) is 11.2. The monoisotopic (exact) mass is 340 g/mol. The average molecular weight is 341 g/mol. The number of carbonyl (C=O) groups is 2. The summed E-state index contributed by atoms with van der Waals surface area (Å²) in [6.45, 7) is 2.26. The molecule has 0 radical (unpaired) electrons. The molecule has 1 aromatic rings. The van der Waals surface area contributed by atoms with Crippen molar-refractivity contribution in [1.82, 2.24) is 4.90 Å². The molecule has 1 amide bonds. The van der Waals surface area contributed by atoms with Crippen LogP contribution in [0, 0.1) is 0 Å². The number of halogens is 1. The Kier molecular flexibility index (Phi) is 4.04. The fraction of sp³-hybridized carbons (Fsp3) is 0.429. The Balaban J connectivity index is 2.42. The molecule has 1 aliphatic rings. The van der Waals surface area contributed by atoms with Crippen molar-refractivity contribution in [3.63, 3.8) is 0 Å². The van der Waals surface area contributed by atoms with Crippen molar-refractivity contribution in [2.45, 2.75) is 31.7 Å². The lowest BCUT2D eigenvalue weighted by atomic mass is 9.92. The molecule has 0 spiro atoms. The number of nitrogen functional groups attached to an aromatic ring is 1. The van der Waals surface area contributed by atoms with E-state index in [9.17, 15) is 14.7 Å². The number of amides is 1. The van der Waals surface area contributed by atoms with Crippen molar-refractivity contribution >= 4 is 33.5 Å². The van der Waals surface area contributed by atoms with Crippen molar-refractivity contribution in [1.29, 1.82) is 0 Å². The second-order valence-electron chi connectivity index (χ2n) is 4.99. The van der Waals surface area contributed by atoms with Crippen molar-refractivity contribution in [2.24, 2.45) is 0 Å². The van der Waals surface area contributed by atoms with Crippen molar-refractivity contribution in [3.05, 3.63) is 28.2 Å². The van der Waals surface area contributed by atoms with Crippen LogP contribution in [0.4, 0.5) is 5.69 Å². The molecule has 1 heterocycles. The number of aliphatic carboxylic acids is 1. The third-order valence-corrected chi connectivity index (χ3v) is 4.63. The van der Waals surface area contributed by atoms with Crippen molar-refractivity contribution in [2.75, 3.05) is 12.3 Å². The van der Waals surface area contributed by atoms with Crippen LogP contribution in [0.25, 0.3) is 0 Å². The fourth-order valence-corrected chi connectivity index (χ4v) is 3.18. The van der Waals surface area contributed by atoms with Crippen molar-refractivity contribution < 1.29 is 14.7 Å². The first-order chi connectivity index (χ1) is 9.42. The van der Waals surface area contributed by atoms with E-state index in [1.165, 1.54) is 4.90 Å². The highest BCUT2D eigenvalue weighted by atomic mass is 79.9. The van der Waals surface area contributed by atoms with Crippen LogP contribution >= 0.6 is 15.9 Å². The van der Waals surface area contributed by atoms with E-state index >= 15 is 0 Å². The molecule has 108 valence electrons. The number of rotatable bonds is 3. The van der Waals surface area contributed by atoms with Gasteiger partial charge in [0.2, 0.25) is 0 Å². The smallest absolute Gasteiger partial charge is 0.329 e. The molecule has 20 heavy (non-hydrogen) atoms. The third kappa shape index (κ3) is 2.28. The van der Waals surface area contributed by atoms with E-state index in [1.807, 2.05) is 0 Å². The fourth-order valence-electron chi connectivity index (χ4n) is 2.77. The summed E-state index contributed by atoms with van der Waals surface area (Å²) < 4.78 is 0.624. The summed E-state index contributed by atoms with van der Waals surface area (Å²) in [4.78, 5) is 25.8. The number of hydrogen-bond acceptors (Lipinski definition) is 3. The van der Waals surface area contributed by atoms with E-state index in [-0.39, 0.29) is 5.91 Å². The standard InChI is InChI=1S/C14H17BrN2O3/c1-2-14(13(19)20)6-3-7-17(14)12(18)10-8-9(16)4-5-11(10)15/h4-5,8H,2-3,6-7,16H2,1H3,(H,19,20). The Morgan fingerprint density at radius 3 is 2.80 bits per heavy atom. The number of carbonyl (C=O) groups excluding carboxylic acids is 1. The van der Waals surface area contributed by atoms with E-state index in [0.717, 1.165) is 0 Å². The molecule has 1 fully saturated rings. The highest BCUT2D eigenvalue weighted by Crippen LogP contribution is 2.35. The van der Waals surface area contributed by atoms with Crippen LogP contribution in [0.1, 0.15) is 36.5 Å². The highest BCUT2D eigenvalue weighted by molar-refractivity contribution is 9.10. The van der Waals surface area contributed by atoms with Crippen molar-refractivity contribution in [3.8, 4) is 0 Å². The molecule has 0 aromatic heterocycles. The maximum absolute atomic E-state index is 12.7. The molecule has 1 aliphatic heterocycles. The molecule has 6 heteroatoms. The summed E-state index contributed by atoms with van der Waals surface area (Å²) in [5.74, 6) is -1.23. The Morgan fingerprint density at radius 2 is 2.20 bits per heavy atom. The van der Waals surface area contributed by atoms with Gasteiger partial charge in [0.05, 0.1) is 5.56 Å². The molecule has 3 N–H and O–H groups in total. The summed E-state index contributed by atoms with van der Waals surface area (Å²) in [5.41, 5.74) is 5.51. The van der Waals surface area contributed by atoms with Gasteiger partial charge in [-0.1, -0.05) is 6.92 Å². The van der Waals surface area contributed by atoms with E-state index in [4.69, 9.17) is 5.73 Å². The Labute approximate surface area is 125 Å². The Hall–Kier alpha value is -1.56. The Bertz CT molecular complexity index is 561. The third-order valence-electron chi connectivity index (χ3n) is 3.94. The van der Waals surface area contributed by atoms with Crippen LogP contribution in [0.2, 0.25) is 0 Å². The molecule has 1 unspecified atom stereocenters. The van der Waals surface area contributed by atoms with Gasteiger partial charge in [0.15, 0.2) is 0 Å². The van der Waals surface area contributed by atoms with Gasteiger partial charge in [-0.2, -0.15) is 0 Å². The van der Waals surface area contributed by atoms with Gasteiger partial charge in [-0.25, -0.2) is 4.79 Å². The zero-order chi connectivity index (χ0) is 14.9. The second-order valence-corrected chi connectivity index (χ2v) is 5.84. The van der Waals surface area contributed by atoms with Gasteiger partial charge in [0, 0.05) is 16.7 Å².